The van der Waals surface area contributed by atoms with Crippen molar-refractivity contribution < 1.29 is 9.18 Å². The highest BCUT2D eigenvalue weighted by atomic mass is 19.1. The highest BCUT2D eigenvalue weighted by Gasteiger charge is 2.22. The molecule has 0 bridgehead atoms. The average Bonchev–Trinajstić information content (AvgIpc) is 3.12. The standard InChI is InChI=1S/C20H20FN5O/c1-13(23-20(27)14-7-3-2-4-8-14)19-24-18-11-17(22-12-26(18)25-19)15-9-5-6-10-16(15)21/h2-3,5-6,9-14H,4,7-8H2,1H3,(H,23,27)/t13-,14?/m1/s1. The summed E-state index contributed by atoms with van der Waals surface area (Å²) in [5.41, 5.74) is 1.46. The average molecular weight is 365 g/mol. The lowest BCUT2D eigenvalue weighted by molar-refractivity contribution is -0.125. The fourth-order valence-electron chi connectivity index (χ4n) is 3.24. The highest BCUT2D eigenvalue weighted by molar-refractivity contribution is 5.79. The molecule has 0 radical (unpaired) electrons. The summed E-state index contributed by atoms with van der Waals surface area (Å²) in [7, 11) is 0. The number of nitrogens with one attached hydrogen (secondary N) is 1. The van der Waals surface area contributed by atoms with Crippen LogP contribution in [0.25, 0.3) is 16.9 Å². The molecule has 1 N–H and O–H groups in total. The summed E-state index contributed by atoms with van der Waals surface area (Å²) in [4.78, 5) is 21.2. The number of aromatic nitrogens is 4. The molecule has 0 saturated carbocycles. The molecule has 1 aliphatic rings. The molecule has 6 nitrogen and oxygen atoms in total. The Bertz CT molecular complexity index is 1010. The quantitative estimate of drug-likeness (QED) is 0.719. The molecule has 3 aromatic rings. The molecule has 2 aromatic heterocycles. The van der Waals surface area contributed by atoms with Crippen molar-refractivity contribution in [3.63, 3.8) is 0 Å². The smallest absolute Gasteiger partial charge is 0.224 e. The Morgan fingerprint density at radius 1 is 1.33 bits per heavy atom. The molecule has 138 valence electrons. The molecule has 0 aliphatic heterocycles. The number of carbonyl (C=O) groups excluding carboxylic acids is 1. The third kappa shape index (κ3) is 3.58. The molecule has 1 aromatic carbocycles. The summed E-state index contributed by atoms with van der Waals surface area (Å²) in [6, 6.07) is 7.84. The van der Waals surface area contributed by atoms with Crippen molar-refractivity contribution >= 4 is 11.6 Å². The molecule has 2 heterocycles. The van der Waals surface area contributed by atoms with Crippen LogP contribution in [0.1, 0.15) is 38.1 Å². The minimum Gasteiger partial charge on any atom is -0.346 e. The predicted molar refractivity (Wildman–Crippen MR) is 99.2 cm³/mol. The van der Waals surface area contributed by atoms with Crippen molar-refractivity contribution in [2.45, 2.75) is 32.2 Å². The van der Waals surface area contributed by atoms with Crippen LogP contribution in [0.2, 0.25) is 0 Å². The highest BCUT2D eigenvalue weighted by Crippen LogP contribution is 2.22. The number of hydrogen-bond acceptors (Lipinski definition) is 4. The Hall–Kier alpha value is -3.09. The van der Waals surface area contributed by atoms with E-state index in [2.05, 4.69) is 32.5 Å². The monoisotopic (exact) mass is 365 g/mol. The van der Waals surface area contributed by atoms with Gasteiger partial charge in [0.05, 0.1) is 11.7 Å². The topological polar surface area (TPSA) is 72.2 Å². The van der Waals surface area contributed by atoms with E-state index >= 15 is 0 Å². The molecule has 1 aliphatic carbocycles. The van der Waals surface area contributed by atoms with E-state index in [-0.39, 0.29) is 23.7 Å². The molecule has 1 unspecified atom stereocenters. The normalized spacial score (nSPS) is 17.8. The minimum atomic E-state index is -0.337. The fourth-order valence-corrected chi connectivity index (χ4v) is 3.24. The molecule has 1 amide bonds. The van der Waals surface area contributed by atoms with Crippen molar-refractivity contribution in [2.24, 2.45) is 5.92 Å². The van der Waals surface area contributed by atoms with Gasteiger partial charge in [0.15, 0.2) is 11.5 Å². The van der Waals surface area contributed by atoms with Crippen LogP contribution in [0, 0.1) is 11.7 Å². The van der Waals surface area contributed by atoms with Crippen LogP contribution in [0.15, 0.2) is 48.8 Å². The summed E-state index contributed by atoms with van der Waals surface area (Å²) < 4.78 is 15.5. The first-order valence-corrected chi connectivity index (χ1v) is 9.04. The van der Waals surface area contributed by atoms with Crippen LogP contribution in [0.5, 0.6) is 0 Å². The number of hydrogen-bond donors (Lipinski definition) is 1. The fraction of sp³-hybridized carbons (Fsp3) is 0.300. The number of fused-ring (bicyclic) bond motifs is 1. The summed E-state index contributed by atoms with van der Waals surface area (Å²) >= 11 is 0. The SMILES string of the molecule is C[C@@H](NC(=O)C1CC=CCC1)c1nc2cc(-c3ccccc3F)ncn2n1. The second kappa shape index (κ2) is 7.26. The first-order valence-electron chi connectivity index (χ1n) is 9.04. The van der Waals surface area contributed by atoms with Crippen LogP contribution in [0.3, 0.4) is 0 Å². The van der Waals surface area contributed by atoms with Gasteiger partial charge < -0.3 is 5.32 Å². The van der Waals surface area contributed by atoms with Crippen LogP contribution in [-0.4, -0.2) is 25.5 Å². The van der Waals surface area contributed by atoms with E-state index in [4.69, 9.17) is 0 Å². The van der Waals surface area contributed by atoms with Gasteiger partial charge >= 0.3 is 0 Å². The Morgan fingerprint density at radius 2 is 2.19 bits per heavy atom. The Morgan fingerprint density at radius 3 is 2.96 bits per heavy atom. The second-order valence-electron chi connectivity index (χ2n) is 6.74. The van der Waals surface area contributed by atoms with E-state index in [0.717, 1.165) is 19.3 Å². The van der Waals surface area contributed by atoms with Crippen molar-refractivity contribution in [3.8, 4) is 11.3 Å². The maximum Gasteiger partial charge on any atom is 0.224 e. The molecular weight excluding hydrogens is 345 g/mol. The van der Waals surface area contributed by atoms with E-state index in [1.807, 2.05) is 6.92 Å². The number of nitrogens with zero attached hydrogens (tertiary/aromatic N) is 4. The second-order valence-corrected chi connectivity index (χ2v) is 6.74. The Kier molecular flexibility index (Phi) is 4.66. The lowest BCUT2D eigenvalue weighted by Crippen LogP contribution is -2.33. The molecule has 0 fully saturated rings. The first-order chi connectivity index (χ1) is 13.1. The lowest BCUT2D eigenvalue weighted by atomic mass is 9.93. The molecular formula is C20H20FN5O. The molecule has 27 heavy (non-hydrogen) atoms. The molecule has 7 heteroatoms. The van der Waals surface area contributed by atoms with Crippen molar-refractivity contribution in [1.82, 2.24) is 24.9 Å². The van der Waals surface area contributed by atoms with Gasteiger partial charge in [0, 0.05) is 17.5 Å². The molecule has 0 spiro atoms. The van der Waals surface area contributed by atoms with E-state index in [9.17, 15) is 9.18 Å². The van der Waals surface area contributed by atoms with Crippen LogP contribution >= 0.6 is 0 Å². The molecule has 0 saturated heterocycles. The van der Waals surface area contributed by atoms with Gasteiger partial charge in [-0.3, -0.25) is 4.79 Å². The number of benzene rings is 1. The third-order valence-electron chi connectivity index (χ3n) is 4.78. The van der Waals surface area contributed by atoms with Crippen LogP contribution in [0.4, 0.5) is 4.39 Å². The van der Waals surface area contributed by atoms with Crippen LogP contribution < -0.4 is 5.32 Å². The molecule has 4 rings (SSSR count). The maximum absolute atomic E-state index is 14.0. The zero-order chi connectivity index (χ0) is 18.8. The van der Waals surface area contributed by atoms with Gasteiger partial charge in [0.1, 0.15) is 12.1 Å². The summed E-state index contributed by atoms with van der Waals surface area (Å²) in [6.07, 6.45) is 8.24. The zero-order valence-electron chi connectivity index (χ0n) is 15.0. The maximum atomic E-state index is 14.0. The van der Waals surface area contributed by atoms with Crippen molar-refractivity contribution in [1.29, 1.82) is 0 Å². The summed E-state index contributed by atoms with van der Waals surface area (Å²) in [5.74, 6) is 0.193. The Labute approximate surface area is 156 Å². The van der Waals surface area contributed by atoms with E-state index in [1.165, 1.54) is 16.9 Å². The summed E-state index contributed by atoms with van der Waals surface area (Å²) in [5, 5.41) is 7.38. The van der Waals surface area contributed by atoms with E-state index in [0.29, 0.717) is 22.7 Å². The van der Waals surface area contributed by atoms with Crippen molar-refractivity contribution in [2.75, 3.05) is 0 Å². The lowest BCUT2D eigenvalue weighted by Gasteiger charge is -2.19. The largest absolute Gasteiger partial charge is 0.346 e. The summed E-state index contributed by atoms with van der Waals surface area (Å²) in [6.45, 7) is 1.86. The third-order valence-corrected chi connectivity index (χ3v) is 4.78. The van der Waals surface area contributed by atoms with Gasteiger partial charge in [-0.15, -0.1) is 5.10 Å². The first kappa shape index (κ1) is 17.3. The van der Waals surface area contributed by atoms with Crippen LogP contribution in [-0.2, 0) is 4.79 Å². The number of carbonyl (C=O) groups is 1. The predicted octanol–water partition coefficient (Wildman–Crippen LogP) is 3.46. The number of rotatable bonds is 4. The number of amides is 1. The zero-order valence-corrected chi connectivity index (χ0v) is 15.0. The van der Waals surface area contributed by atoms with Gasteiger partial charge in [-0.2, -0.15) is 0 Å². The van der Waals surface area contributed by atoms with Gasteiger partial charge in [-0.05, 0) is 38.3 Å². The van der Waals surface area contributed by atoms with E-state index < -0.39 is 0 Å². The number of halogens is 1. The van der Waals surface area contributed by atoms with E-state index in [1.54, 1.807) is 24.3 Å². The van der Waals surface area contributed by atoms with Gasteiger partial charge in [-0.1, -0.05) is 24.3 Å². The van der Waals surface area contributed by atoms with Gasteiger partial charge in [0.2, 0.25) is 5.91 Å². The minimum absolute atomic E-state index is 0.00352. The van der Waals surface area contributed by atoms with Crippen molar-refractivity contribution in [3.05, 3.63) is 60.5 Å². The number of allylic oxidation sites excluding steroid dienone is 2. The Balaban J connectivity index is 1.55. The van der Waals surface area contributed by atoms with Gasteiger partial charge in [-0.25, -0.2) is 18.9 Å². The van der Waals surface area contributed by atoms with Gasteiger partial charge in [0.25, 0.3) is 0 Å². The molecule has 2 atom stereocenters.